The van der Waals surface area contributed by atoms with Gasteiger partial charge in [0.05, 0.1) is 17.5 Å². The van der Waals surface area contributed by atoms with E-state index in [4.69, 9.17) is 0 Å². The van der Waals surface area contributed by atoms with Gasteiger partial charge in [0.15, 0.2) is 0 Å². The predicted molar refractivity (Wildman–Crippen MR) is 69.5 cm³/mol. The molecule has 0 saturated carbocycles. The van der Waals surface area contributed by atoms with Gasteiger partial charge in [-0.2, -0.15) is 0 Å². The normalized spacial score (nSPS) is 12.6. The highest BCUT2D eigenvalue weighted by atomic mass is 32.2. The lowest BCUT2D eigenvalue weighted by atomic mass is 10.3. The summed E-state index contributed by atoms with van der Waals surface area (Å²) in [5, 5.41) is 0. The van der Waals surface area contributed by atoms with Gasteiger partial charge in [-0.1, -0.05) is 11.3 Å². The molecule has 0 saturated heterocycles. The first-order chi connectivity index (χ1) is 8.38. The van der Waals surface area contributed by atoms with Crippen LogP contribution in [0.15, 0.2) is 10.7 Å². The van der Waals surface area contributed by atoms with Gasteiger partial charge in [-0.05, 0) is 6.92 Å². The molecule has 0 atom stereocenters. The van der Waals surface area contributed by atoms with E-state index in [1.807, 2.05) is 18.5 Å². The Labute approximate surface area is 107 Å². The van der Waals surface area contributed by atoms with Gasteiger partial charge in [-0.3, -0.25) is 0 Å². The third-order valence-corrected chi connectivity index (χ3v) is 5.31. The van der Waals surface area contributed by atoms with Crippen molar-refractivity contribution in [2.24, 2.45) is 7.05 Å². The summed E-state index contributed by atoms with van der Waals surface area (Å²) >= 11 is 1.09. The zero-order chi connectivity index (χ0) is 13.1. The van der Waals surface area contributed by atoms with Crippen LogP contribution in [0.4, 0.5) is 0 Å². The number of fused-ring (bicyclic) bond motifs is 3. The highest BCUT2D eigenvalue weighted by Gasteiger charge is 2.19. The van der Waals surface area contributed by atoms with Gasteiger partial charge >= 0.3 is 0 Å². The Kier molecular flexibility index (Phi) is 2.23. The molecule has 0 unspecified atom stereocenters. The quantitative estimate of drug-likeness (QED) is 0.672. The fourth-order valence-corrected chi connectivity index (χ4v) is 3.68. The SMILES string of the molecule is Cc1nc2sc(S(C)(=O)=O)nc2c2c1ncn2C. The van der Waals surface area contributed by atoms with E-state index in [1.54, 1.807) is 6.33 Å². The Morgan fingerprint density at radius 3 is 2.67 bits per heavy atom. The third kappa shape index (κ3) is 1.52. The fraction of sp³-hybridized carbons (Fsp3) is 0.300. The first-order valence-electron chi connectivity index (χ1n) is 5.16. The first-order valence-corrected chi connectivity index (χ1v) is 7.87. The molecule has 94 valence electrons. The Morgan fingerprint density at radius 2 is 2.00 bits per heavy atom. The van der Waals surface area contributed by atoms with E-state index in [9.17, 15) is 8.42 Å². The molecule has 0 radical (unpaired) electrons. The van der Waals surface area contributed by atoms with Crippen LogP contribution in [0, 0.1) is 6.92 Å². The standard InChI is InChI=1S/C10H10N4O2S2/c1-5-6-8(14(2)4-11-6)7-9(12-5)17-10(13-7)18(3,15)16/h4H,1-3H3. The van der Waals surface area contributed by atoms with Gasteiger partial charge in [-0.15, -0.1) is 0 Å². The number of aryl methyl sites for hydroxylation is 2. The summed E-state index contributed by atoms with van der Waals surface area (Å²) in [4.78, 5) is 13.4. The van der Waals surface area contributed by atoms with Crippen molar-refractivity contribution in [3.05, 3.63) is 12.0 Å². The van der Waals surface area contributed by atoms with Crippen LogP contribution < -0.4 is 0 Å². The number of hydrogen-bond acceptors (Lipinski definition) is 6. The largest absolute Gasteiger partial charge is 0.332 e. The zero-order valence-corrected chi connectivity index (χ0v) is 11.6. The molecule has 18 heavy (non-hydrogen) atoms. The maximum Gasteiger partial charge on any atom is 0.211 e. The topological polar surface area (TPSA) is 77.7 Å². The number of sulfone groups is 1. The summed E-state index contributed by atoms with van der Waals surface area (Å²) in [7, 11) is -1.45. The molecule has 0 amide bonds. The number of pyridine rings is 1. The van der Waals surface area contributed by atoms with E-state index in [1.165, 1.54) is 0 Å². The molecule has 0 aliphatic heterocycles. The lowest BCUT2D eigenvalue weighted by Gasteiger charge is -1.97. The van der Waals surface area contributed by atoms with E-state index in [0.717, 1.165) is 34.3 Å². The van der Waals surface area contributed by atoms with Crippen molar-refractivity contribution in [1.29, 1.82) is 0 Å². The maximum atomic E-state index is 11.5. The highest BCUT2D eigenvalue weighted by Crippen LogP contribution is 2.30. The first kappa shape index (κ1) is 11.5. The van der Waals surface area contributed by atoms with Crippen LogP contribution in [-0.2, 0) is 16.9 Å². The number of nitrogens with zero attached hydrogens (tertiary/aromatic N) is 4. The molecule has 0 spiro atoms. The van der Waals surface area contributed by atoms with Crippen LogP contribution in [-0.4, -0.2) is 34.2 Å². The van der Waals surface area contributed by atoms with Gasteiger partial charge in [0.25, 0.3) is 0 Å². The molecular weight excluding hydrogens is 272 g/mol. The number of imidazole rings is 1. The Bertz CT molecular complexity index is 876. The summed E-state index contributed by atoms with van der Waals surface area (Å²) in [5.41, 5.74) is 2.96. The molecule has 0 aliphatic rings. The minimum Gasteiger partial charge on any atom is -0.332 e. The average Bonchev–Trinajstić information content (AvgIpc) is 2.81. The maximum absolute atomic E-state index is 11.5. The second-order valence-corrected chi connectivity index (χ2v) is 7.32. The molecule has 0 bridgehead atoms. The monoisotopic (exact) mass is 282 g/mol. The average molecular weight is 282 g/mol. The van der Waals surface area contributed by atoms with Gasteiger partial charge in [0.1, 0.15) is 15.9 Å². The van der Waals surface area contributed by atoms with Gasteiger partial charge in [0.2, 0.25) is 14.2 Å². The van der Waals surface area contributed by atoms with Crippen LogP contribution in [0.1, 0.15) is 5.69 Å². The van der Waals surface area contributed by atoms with E-state index in [0.29, 0.717) is 10.3 Å². The zero-order valence-electron chi connectivity index (χ0n) is 10.00. The molecule has 0 fully saturated rings. The molecular formula is C10H10N4O2S2. The van der Waals surface area contributed by atoms with Gasteiger partial charge in [0, 0.05) is 13.3 Å². The van der Waals surface area contributed by atoms with Gasteiger partial charge < -0.3 is 4.57 Å². The third-order valence-electron chi connectivity index (χ3n) is 2.68. The minimum absolute atomic E-state index is 0.0955. The van der Waals surface area contributed by atoms with E-state index in [2.05, 4.69) is 15.0 Å². The van der Waals surface area contributed by atoms with Crippen LogP contribution in [0.3, 0.4) is 0 Å². The molecule has 3 aromatic rings. The van der Waals surface area contributed by atoms with Crippen LogP contribution >= 0.6 is 11.3 Å². The number of thiazole rings is 1. The Balaban J connectivity index is 2.54. The Hall–Kier alpha value is -1.54. The summed E-state index contributed by atoms with van der Waals surface area (Å²) < 4.78 is 25.0. The number of rotatable bonds is 1. The summed E-state index contributed by atoms with van der Waals surface area (Å²) in [6.07, 6.45) is 2.83. The van der Waals surface area contributed by atoms with Crippen molar-refractivity contribution < 1.29 is 8.42 Å². The van der Waals surface area contributed by atoms with Crippen molar-refractivity contribution in [1.82, 2.24) is 19.5 Å². The molecule has 6 nitrogen and oxygen atoms in total. The van der Waals surface area contributed by atoms with E-state index >= 15 is 0 Å². The molecule has 8 heteroatoms. The van der Waals surface area contributed by atoms with Crippen LogP contribution in [0.5, 0.6) is 0 Å². The molecule has 0 aromatic carbocycles. The summed E-state index contributed by atoms with van der Waals surface area (Å²) in [5.74, 6) is 0. The Morgan fingerprint density at radius 1 is 1.28 bits per heavy atom. The number of hydrogen-bond donors (Lipinski definition) is 0. The van der Waals surface area contributed by atoms with Crippen molar-refractivity contribution in [2.75, 3.05) is 6.26 Å². The highest BCUT2D eigenvalue weighted by molar-refractivity contribution is 7.92. The van der Waals surface area contributed by atoms with Crippen LogP contribution in [0.2, 0.25) is 0 Å². The lowest BCUT2D eigenvalue weighted by molar-refractivity contribution is 0.601. The van der Waals surface area contributed by atoms with Crippen molar-refractivity contribution >= 4 is 42.6 Å². The molecule has 0 aliphatic carbocycles. The van der Waals surface area contributed by atoms with Crippen LogP contribution in [0.25, 0.3) is 21.4 Å². The van der Waals surface area contributed by atoms with Crippen molar-refractivity contribution in [3.63, 3.8) is 0 Å². The second-order valence-electron chi connectivity index (χ2n) is 4.16. The smallest absolute Gasteiger partial charge is 0.211 e. The summed E-state index contributed by atoms with van der Waals surface area (Å²) in [6, 6.07) is 0. The fourth-order valence-electron chi connectivity index (χ4n) is 1.86. The second kappa shape index (κ2) is 3.48. The predicted octanol–water partition coefficient (Wildman–Crippen LogP) is 1.29. The molecule has 3 aromatic heterocycles. The molecule has 3 heterocycles. The minimum atomic E-state index is -3.30. The van der Waals surface area contributed by atoms with E-state index in [-0.39, 0.29) is 4.34 Å². The van der Waals surface area contributed by atoms with Crippen molar-refractivity contribution in [2.45, 2.75) is 11.3 Å². The number of aromatic nitrogens is 4. The van der Waals surface area contributed by atoms with E-state index < -0.39 is 9.84 Å². The van der Waals surface area contributed by atoms with Crippen molar-refractivity contribution in [3.8, 4) is 0 Å². The molecule has 3 rings (SSSR count). The summed E-state index contributed by atoms with van der Waals surface area (Å²) in [6.45, 7) is 1.86. The lowest BCUT2D eigenvalue weighted by Crippen LogP contribution is -1.95. The van der Waals surface area contributed by atoms with Gasteiger partial charge in [-0.25, -0.2) is 23.4 Å². The molecule has 0 N–H and O–H groups in total.